The first-order valence-corrected chi connectivity index (χ1v) is 13.3. The molecular formula is C31H32N2O7. The highest BCUT2D eigenvalue weighted by molar-refractivity contribution is 5.88. The molecule has 0 aromatic heterocycles. The summed E-state index contributed by atoms with van der Waals surface area (Å²) in [5.74, 6) is -1.96. The molecule has 0 unspecified atom stereocenters. The second-order valence-corrected chi connectivity index (χ2v) is 9.98. The van der Waals surface area contributed by atoms with Gasteiger partial charge in [-0.15, -0.1) is 0 Å². The van der Waals surface area contributed by atoms with E-state index in [-0.39, 0.29) is 25.7 Å². The van der Waals surface area contributed by atoms with Crippen LogP contribution >= 0.6 is 0 Å². The van der Waals surface area contributed by atoms with Gasteiger partial charge in [-0.25, -0.2) is 9.59 Å². The molecule has 9 heteroatoms. The standard InChI is InChI=1S/C31H32N2O7/c1-19(39-17-20-9-3-2-4-10-20)27(30(35)36)33-29(34)28-26(15-16-38-28)32-31(37)40-18-25-23-13-7-5-11-21(23)22-12-6-8-14-24(22)25/h2-14,19,25-28H,15-18H2,1H3,(H,32,37)(H,33,34)(H,35,36)/t19-,26+,27+,28-/m1/s1. The Morgan fingerprint density at radius 1 is 0.950 bits per heavy atom. The van der Waals surface area contributed by atoms with Crippen LogP contribution in [0.5, 0.6) is 0 Å². The molecule has 1 saturated heterocycles. The Balaban J connectivity index is 1.16. The lowest BCUT2D eigenvalue weighted by Gasteiger charge is -2.25. The van der Waals surface area contributed by atoms with Gasteiger partial charge in [-0.1, -0.05) is 78.9 Å². The molecule has 1 aliphatic heterocycles. The third-order valence-electron chi connectivity index (χ3n) is 7.39. The van der Waals surface area contributed by atoms with Gasteiger partial charge >= 0.3 is 12.1 Å². The molecule has 1 heterocycles. The quantitative estimate of drug-likeness (QED) is 0.354. The fourth-order valence-electron chi connectivity index (χ4n) is 5.30. The van der Waals surface area contributed by atoms with E-state index in [1.54, 1.807) is 6.92 Å². The maximum atomic E-state index is 13.0. The maximum absolute atomic E-state index is 13.0. The predicted molar refractivity (Wildman–Crippen MR) is 147 cm³/mol. The van der Waals surface area contributed by atoms with E-state index < -0.39 is 42.3 Å². The van der Waals surface area contributed by atoms with E-state index in [1.807, 2.05) is 66.7 Å². The third-order valence-corrected chi connectivity index (χ3v) is 7.39. The summed E-state index contributed by atoms with van der Waals surface area (Å²) >= 11 is 0. The Labute approximate surface area is 232 Å². The number of fused-ring (bicyclic) bond motifs is 3. The number of hydrogen-bond acceptors (Lipinski definition) is 6. The highest BCUT2D eigenvalue weighted by atomic mass is 16.6. The Morgan fingerprint density at radius 2 is 1.57 bits per heavy atom. The predicted octanol–water partition coefficient (Wildman–Crippen LogP) is 3.86. The lowest BCUT2D eigenvalue weighted by molar-refractivity contribution is -0.148. The zero-order chi connectivity index (χ0) is 28.1. The van der Waals surface area contributed by atoms with Crippen molar-refractivity contribution in [1.29, 1.82) is 0 Å². The first-order valence-electron chi connectivity index (χ1n) is 13.3. The van der Waals surface area contributed by atoms with E-state index >= 15 is 0 Å². The van der Waals surface area contributed by atoms with Gasteiger partial charge in [0, 0.05) is 12.5 Å². The molecule has 1 fully saturated rings. The molecular weight excluding hydrogens is 512 g/mol. The monoisotopic (exact) mass is 544 g/mol. The van der Waals surface area contributed by atoms with E-state index in [2.05, 4.69) is 22.8 Å². The van der Waals surface area contributed by atoms with Crippen molar-refractivity contribution in [1.82, 2.24) is 10.6 Å². The summed E-state index contributed by atoms with van der Waals surface area (Å²) in [6.07, 6.45) is -2.13. The van der Waals surface area contributed by atoms with Crippen LogP contribution in [0.15, 0.2) is 78.9 Å². The summed E-state index contributed by atoms with van der Waals surface area (Å²) in [5, 5.41) is 15.0. The van der Waals surface area contributed by atoms with Gasteiger partial charge in [0.05, 0.1) is 18.8 Å². The largest absolute Gasteiger partial charge is 0.480 e. The second kappa shape index (κ2) is 12.3. The Morgan fingerprint density at radius 3 is 2.23 bits per heavy atom. The number of benzene rings is 3. The van der Waals surface area contributed by atoms with Gasteiger partial charge in [-0.05, 0) is 41.2 Å². The molecule has 0 bridgehead atoms. The number of carboxylic acid groups (broad SMARTS) is 1. The lowest BCUT2D eigenvalue weighted by atomic mass is 9.98. The minimum absolute atomic E-state index is 0.0919. The molecule has 3 aromatic rings. The number of carbonyl (C=O) groups is 3. The molecule has 2 amide bonds. The first kappa shape index (κ1) is 27.4. The number of aliphatic carboxylic acids is 1. The average Bonchev–Trinajstić information content (AvgIpc) is 3.56. The van der Waals surface area contributed by atoms with Crippen LogP contribution in [-0.4, -0.2) is 60.6 Å². The van der Waals surface area contributed by atoms with Gasteiger partial charge in [0.2, 0.25) is 0 Å². The molecule has 2 aliphatic rings. The van der Waals surface area contributed by atoms with Crippen molar-refractivity contribution in [2.75, 3.05) is 13.2 Å². The van der Waals surface area contributed by atoms with Crippen LogP contribution < -0.4 is 10.6 Å². The van der Waals surface area contributed by atoms with E-state index in [1.165, 1.54) is 0 Å². The molecule has 0 radical (unpaired) electrons. The molecule has 40 heavy (non-hydrogen) atoms. The van der Waals surface area contributed by atoms with E-state index in [0.29, 0.717) is 6.42 Å². The molecule has 9 nitrogen and oxygen atoms in total. The highest BCUT2D eigenvalue weighted by Gasteiger charge is 2.39. The number of nitrogens with one attached hydrogen (secondary N) is 2. The molecule has 1 aliphatic carbocycles. The number of carbonyl (C=O) groups excluding carboxylic acids is 2. The van der Waals surface area contributed by atoms with Crippen molar-refractivity contribution in [3.63, 3.8) is 0 Å². The molecule has 3 aromatic carbocycles. The van der Waals surface area contributed by atoms with Crippen molar-refractivity contribution in [3.05, 3.63) is 95.6 Å². The van der Waals surface area contributed by atoms with Crippen molar-refractivity contribution >= 4 is 18.0 Å². The molecule has 0 saturated carbocycles. The third kappa shape index (κ3) is 6.00. The van der Waals surface area contributed by atoms with Crippen LogP contribution in [0.1, 0.15) is 36.0 Å². The van der Waals surface area contributed by atoms with Crippen LogP contribution in [0.25, 0.3) is 11.1 Å². The van der Waals surface area contributed by atoms with Gasteiger partial charge in [-0.3, -0.25) is 4.79 Å². The number of carboxylic acids is 1. The minimum Gasteiger partial charge on any atom is -0.480 e. The number of amides is 2. The van der Waals surface area contributed by atoms with Gasteiger partial charge in [0.1, 0.15) is 6.61 Å². The summed E-state index contributed by atoms with van der Waals surface area (Å²) in [6, 6.07) is 23.5. The molecule has 4 atom stereocenters. The van der Waals surface area contributed by atoms with Crippen LogP contribution in [0, 0.1) is 0 Å². The molecule has 5 rings (SSSR count). The number of rotatable bonds is 10. The topological polar surface area (TPSA) is 123 Å². The van der Waals surface area contributed by atoms with Crippen molar-refractivity contribution in [2.24, 2.45) is 0 Å². The van der Waals surface area contributed by atoms with Crippen molar-refractivity contribution in [3.8, 4) is 11.1 Å². The van der Waals surface area contributed by atoms with Gasteiger partial charge < -0.3 is 30.0 Å². The van der Waals surface area contributed by atoms with E-state index in [9.17, 15) is 19.5 Å². The SMILES string of the molecule is C[C@@H](OCc1ccccc1)[C@H](NC(=O)[C@@H]1OCC[C@@H]1NC(=O)OCC1c2ccccc2-c2ccccc21)C(=O)O. The van der Waals surface area contributed by atoms with Crippen LogP contribution in [0.2, 0.25) is 0 Å². The summed E-state index contributed by atoms with van der Waals surface area (Å²) in [4.78, 5) is 37.7. The number of hydrogen-bond donors (Lipinski definition) is 3. The summed E-state index contributed by atoms with van der Waals surface area (Å²) in [6.45, 7) is 2.17. The van der Waals surface area contributed by atoms with Crippen LogP contribution in [-0.2, 0) is 30.4 Å². The molecule has 3 N–H and O–H groups in total. The lowest BCUT2D eigenvalue weighted by Crippen LogP contribution is -2.55. The summed E-state index contributed by atoms with van der Waals surface area (Å²) in [5.41, 5.74) is 5.34. The minimum atomic E-state index is -1.30. The zero-order valence-electron chi connectivity index (χ0n) is 22.1. The average molecular weight is 545 g/mol. The van der Waals surface area contributed by atoms with E-state index in [0.717, 1.165) is 27.8 Å². The fraction of sp³-hybridized carbons (Fsp3) is 0.323. The summed E-state index contributed by atoms with van der Waals surface area (Å²) < 4.78 is 16.9. The normalized spacial score (nSPS) is 19.2. The van der Waals surface area contributed by atoms with Gasteiger partial charge in [-0.2, -0.15) is 0 Å². The zero-order valence-corrected chi connectivity index (χ0v) is 22.1. The smallest absolute Gasteiger partial charge is 0.407 e. The van der Waals surface area contributed by atoms with Crippen LogP contribution in [0.4, 0.5) is 4.79 Å². The maximum Gasteiger partial charge on any atom is 0.407 e. The fourth-order valence-corrected chi connectivity index (χ4v) is 5.30. The van der Waals surface area contributed by atoms with Gasteiger partial charge in [0.25, 0.3) is 5.91 Å². The highest BCUT2D eigenvalue weighted by Crippen LogP contribution is 2.44. The summed E-state index contributed by atoms with van der Waals surface area (Å²) in [7, 11) is 0. The Bertz CT molecular complexity index is 1320. The first-order chi connectivity index (χ1) is 19.4. The second-order valence-electron chi connectivity index (χ2n) is 9.98. The van der Waals surface area contributed by atoms with Crippen molar-refractivity contribution < 1.29 is 33.7 Å². The van der Waals surface area contributed by atoms with Crippen molar-refractivity contribution in [2.45, 2.75) is 50.2 Å². The van der Waals surface area contributed by atoms with Gasteiger partial charge in [0.15, 0.2) is 12.1 Å². The Hall–Kier alpha value is -4.21. The molecule has 208 valence electrons. The Kier molecular flexibility index (Phi) is 8.42. The van der Waals surface area contributed by atoms with Crippen LogP contribution in [0.3, 0.4) is 0 Å². The number of alkyl carbamates (subject to hydrolysis) is 1. The van der Waals surface area contributed by atoms with E-state index in [4.69, 9.17) is 14.2 Å². The number of ether oxygens (including phenoxy) is 3. The molecule has 0 spiro atoms.